The fourth-order valence-electron chi connectivity index (χ4n) is 3.44. The number of quaternary nitrogens is 1. The van der Waals surface area contributed by atoms with Crippen molar-refractivity contribution in [1.29, 1.82) is 0 Å². The Morgan fingerprint density at radius 1 is 0.731 bits per heavy atom. The van der Waals surface area contributed by atoms with E-state index in [1.165, 1.54) is 89.3 Å². The second kappa shape index (κ2) is 15.0. The van der Waals surface area contributed by atoms with E-state index in [1.54, 1.807) is 0 Å². The highest BCUT2D eigenvalue weighted by Gasteiger charge is 2.13. The van der Waals surface area contributed by atoms with Gasteiger partial charge in [0.1, 0.15) is 0 Å². The zero-order valence-corrected chi connectivity index (χ0v) is 17.8. The lowest BCUT2D eigenvalue weighted by atomic mass is 10.1. The van der Waals surface area contributed by atoms with Gasteiger partial charge in [0, 0.05) is 19.2 Å². The normalized spacial score (nSPS) is 12.1. The Hall–Kier alpha value is -1.15. The third-order valence-electron chi connectivity index (χ3n) is 5.21. The minimum atomic E-state index is 0.939. The summed E-state index contributed by atoms with van der Waals surface area (Å²) in [5.74, 6) is 0. The average molecular weight is 360 g/mol. The van der Waals surface area contributed by atoms with Crippen LogP contribution in [0.2, 0.25) is 0 Å². The number of nitrogens with zero attached hydrogens (tertiary/aromatic N) is 2. The molecule has 0 aliphatic carbocycles. The Bertz CT molecular complexity index is 451. The lowest BCUT2D eigenvalue weighted by Crippen LogP contribution is -2.41. The topological polar surface area (TPSA) is 12.4 Å². The molecule has 2 nitrogen and oxygen atoms in total. The molecule has 0 aliphatic heterocycles. The Balaban J connectivity index is 1.96. The van der Waals surface area contributed by atoms with Crippen LogP contribution >= 0.6 is 0 Å². The van der Waals surface area contributed by atoms with Crippen LogP contribution in [0.15, 0.2) is 35.3 Å². The van der Waals surface area contributed by atoms with E-state index in [4.69, 9.17) is 0 Å². The maximum Gasteiger partial charge on any atom is 0.0800 e. The fourth-order valence-corrected chi connectivity index (χ4v) is 3.44. The van der Waals surface area contributed by atoms with Gasteiger partial charge in [-0.3, -0.25) is 4.99 Å². The second-order valence-electron chi connectivity index (χ2n) is 8.36. The summed E-state index contributed by atoms with van der Waals surface area (Å²) in [5.41, 5.74) is 1.20. The molecule has 0 heterocycles. The van der Waals surface area contributed by atoms with Gasteiger partial charge in [0.25, 0.3) is 0 Å². The Morgan fingerprint density at radius 2 is 1.27 bits per heavy atom. The summed E-state index contributed by atoms with van der Waals surface area (Å²) >= 11 is 0. The van der Waals surface area contributed by atoms with Crippen molar-refractivity contribution in [3.05, 3.63) is 35.9 Å². The molecule has 0 saturated heterocycles. The zero-order chi connectivity index (χ0) is 18.9. The number of unbranched alkanes of at least 4 members (excludes halogenated alkanes) is 9. The van der Waals surface area contributed by atoms with E-state index in [2.05, 4.69) is 50.3 Å². The number of benzene rings is 1. The molecule has 0 N–H and O–H groups in total. The van der Waals surface area contributed by atoms with Crippen molar-refractivity contribution in [3.8, 4) is 0 Å². The average Bonchev–Trinajstić information content (AvgIpc) is 2.64. The van der Waals surface area contributed by atoms with E-state index in [0.29, 0.717) is 0 Å². The summed E-state index contributed by atoms with van der Waals surface area (Å²) in [6.45, 7) is 5.76. The molecule has 0 fully saturated rings. The van der Waals surface area contributed by atoms with Gasteiger partial charge in [-0.25, -0.2) is 0 Å². The number of hydrogen-bond acceptors (Lipinski definition) is 1. The van der Waals surface area contributed by atoms with E-state index in [9.17, 15) is 0 Å². The van der Waals surface area contributed by atoms with Crippen molar-refractivity contribution in [1.82, 2.24) is 0 Å². The molecule has 0 aromatic heterocycles. The highest BCUT2D eigenvalue weighted by Crippen LogP contribution is 2.12. The van der Waals surface area contributed by atoms with Gasteiger partial charge in [-0.1, -0.05) is 88.6 Å². The molecule has 0 unspecified atom stereocenters. The summed E-state index contributed by atoms with van der Waals surface area (Å²) in [6, 6.07) is 10.4. The summed E-state index contributed by atoms with van der Waals surface area (Å²) in [7, 11) is 4.74. The summed E-state index contributed by atoms with van der Waals surface area (Å²) in [4.78, 5) is 4.57. The standard InChI is InChI=1S/C24H43N2/c1-4-5-6-7-8-9-10-11-12-16-21-26(2,3)22-17-20-25-23-24-18-14-13-15-19-24/h13-15,18-19,23H,4-12,16-17,20-22H2,1-3H3/q+1. The van der Waals surface area contributed by atoms with Crippen LogP contribution in [0.3, 0.4) is 0 Å². The summed E-state index contributed by atoms with van der Waals surface area (Å²) in [5, 5.41) is 0. The third kappa shape index (κ3) is 13.1. The molecular formula is C24H43N2+. The van der Waals surface area contributed by atoms with Gasteiger partial charge in [0.15, 0.2) is 0 Å². The van der Waals surface area contributed by atoms with E-state index >= 15 is 0 Å². The first-order valence-electron chi connectivity index (χ1n) is 11.0. The third-order valence-corrected chi connectivity index (χ3v) is 5.21. The lowest BCUT2D eigenvalue weighted by molar-refractivity contribution is -0.890. The monoisotopic (exact) mass is 359 g/mol. The highest BCUT2D eigenvalue weighted by atomic mass is 15.3. The van der Waals surface area contributed by atoms with Crippen molar-refractivity contribution < 1.29 is 4.48 Å². The van der Waals surface area contributed by atoms with Crippen molar-refractivity contribution in [2.24, 2.45) is 4.99 Å². The predicted octanol–water partition coefficient (Wildman–Crippen LogP) is 6.49. The fraction of sp³-hybridized carbons (Fsp3) is 0.708. The van der Waals surface area contributed by atoms with Gasteiger partial charge in [0.2, 0.25) is 0 Å². The van der Waals surface area contributed by atoms with Crippen LogP contribution in [-0.2, 0) is 0 Å². The van der Waals surface area contributed by atoms with Crippen LogP contribution < -0.4 is 0 Å². The van der Waals surface area contributed by atoms with Crippen molar-refractivity contribution >= 4 is 6.21 Å². The molecule has 1 rings (SSSR count). The molecule has 0 spiro atoms. The highest BCUT2D eigenvalue weighted by molar-refractivity contribution is 5.79. The van der Waals surface area contributed by atoms with E-state index in [-0.39, 0.29) is 0 Å². The van der Waals surface area contributed by atoms with Crippen molar-refractivity contribution in [2.75, 3.05) is 33.7 Å². The number of rotatable bonds is 16. The molecule has 1 aromatic carbocycles. The first-order chi connectivity index (χ1) is 12.6. The molecule has 148 valence electrons. The Morgan fingerprint density at radius 3 is 1.88 bits per heavy atom. The van der Waals surface area contributed by atoms with Gasteiger partial charge in [-0.05, 0) is 18.4 Å². The van der Waals surface area contributed by atoms with Crippen LogP contribution in [0, 0.1) is 0 Å². The van der Waals surface area contributed by atoms with Crippen LogP contribution in [0.5, 0.6) is 0 Å². The zero-order valence-electron chi connectivity index (χ0n) is 17.8. The van der Waals surface area contributed by atoms with Crippen LogP contribution in [0.4, 0.5) is 0 Å². The van der Waals surface area contributed by atoms with Crippen molar-refractivity contribution in [3.63, 3.8) is 0 Å². The largest absolute Gasteiger partial charge is 0.328 e. The van der Waals surface area contributed by atoms with E-state index < -0.39 is 0 Å². The molecule has 26 heavy (non-hydrogen) atoms. The molecule has 0 bridgehead atoms. The molecular weight excluding hydrogens is 316 g/mol. The van der Waals surface area contributed by atoms with Gasteiger partial charge < -0.3 is 4.48 Å². The summed E-state index contributed by atoms with van der Waals surface area (Å²) in [6.07, 6.45) is 17.4. The summed E-state index contributed by atoms with van der Waals surface area (Å²) < 4.78 is 1.14. The van der Waals surface area contributed by atoms with Gasteiger partial charge in [-0.2, -0.15) is 0 Å². The molecule has 2 heteroatoms. The number of hydrogen-bond donors (Lipinski definition) is 0. The number of aliphatic imine (C=N–C) groups is 1. The molecule has 0 aliphatic rings. The molecule has 1 aromatic rings. The van der Waals surface area contributed by atoms with Gasteiger partial charge in [-0.15, -0.1) is 0 Å². The maximum atomic E-state index is 4.57. The van der Waals surface area contributed by atoms with E-state index in [0.717, 1.165) is 11.0 Å². The quantitative estimate of drug-likeness (QED) is 0.182. The smallest absolute Gasteiger partial charge is 0.0800 e. The van der Waals surface area contributed by atoms with Crippen LogP contribution in [0.25, 0.3) is 0 Å². The first kappa shape index (κ1) is 22.9. The van der Waals surface area contributed by atoms with Gasteiger partial charge >= 0.3 is 0 Å². The van der Waals surface area contributed by atoms with Crippen molar-refractivity contribution in [2.45, 2.75) is 77.6 Å². The molecule has 0 atom stereocenters. The second-order valence-corrected chi connectivity index (χ2v) is 8.36. The SMILES string of the molecule is CCCCCCCCCCCC[N+](C)(C)CCCN=Cc1ccccc1. The molecule has 0 radical (unpaired) electrons. The Kier molecular flexibility index (Phi) is 13.2. The van der Waals surface area contributed by atoms with Crippen LogP contribution in [0.1, 0.15) is 83.1 Å². The lowest BCUT2D eigenvalue weighted by Gasteiger charge is -2.29. The minimum absolute atomic E-state index is 0.939. The van der Waals surface area contributed by atoms with Crippen LogP contribution in [-0.4, -0.2) is 44.4 Å². The van der Waals surface area contributed by atoms with E-state index in [1.807, 2.05) is 12.3 Å². The maximum absolute atomic E-state index is 4.57. The van der Waals surface area contributed by atoms with Gasteiger partial charge in [0.05, 0.1) is 27.2 Å². The minimum Gasteiger partial charge on any atom is -0.328 e. The molecule has 0 saturated carbocycles. The Labute approximate surface area is 163 Å². The molecule has 0 amide bonds. The first-order valence-corrected chi connectivity index (χ1v) is 11.0. The predicted molar refractivity (Wildman–Crippen MR) is 117 cm³/mol.